The monoisotopic (exact) mass is 279 g/mol. The van der Waals surface area contributed by atoms with Crippen LogP contribution in [0.1, 0.15) is 25.0 Å². The van der Waals surface area contributed by atoms with Crippen LogP contribution in [0.2, 0.25) is 0 Å². The zero-order chi connectivity index (χ0) is 15.1. The Morgan fingerprint density at radius 3 is 2.25 bits per heavy atom. The highest BCUT2D eigenvalue weighted by atomic mass is 16.5. The quantitative estimate of drug-likeness (QED) is 0.315. The van der Waals surface area contributed by atoms with Gasteiger partial charge in [0.25, 0.3) is 0 Å². The molecule has 0 fully saturated rings. The largest absolute Gasteiger partial charge is 0.496 e. The number of benzene rings is 1. The second-order valence-electron chi connectivity index (χ2n) is 4.22. The normalized spacial score (nSPS) is 9.95. The zero-order valence-electron chi connectivity index (χ0n) is 12.1. The second kappa shape index (κ2) is 7.37. The number of carbonyl (C=O) groups excluding carboxylic acids is 1. The summed E-state index contributed by atoms with van der Waals surface area (Å²) in [5.41, 5.74) is 7.10. The van der Waals surface area contributed by atoms with Crippen LogP contribution in [0.5, 0.6) is 11.5 Å². The van der Waals surface area contributed by atoms with E-state index in [4.69, 9.17) is 20.6 Å². The Balaban J connectivity index is 2.90. The Morgan fingerprint density at radius 2 is 1.85 bits per heavy atom. The Morgan fingerprint density at radius 1 is 1.30 bits per heavy atom. The molecule has 0 saturated heterocycles. The van der Waals surface area contributed by atoms with Gasteiger partial charge in [-0.15, -0.1) is 0 Å². The summed E-state index contributed by atoms with van der Waals surface area (Å²) >= 11 is 0. The summed E-state index contributed by atoms with van der Waals surface area (Å²) in [5.74, 6) is 0.571. The summed E-state index contributed by atoms with van der Waals surface area (Å²) in [6.45, 7) is 3.89. The van der Waals surface area contributed by atoms with Gasteiger partial charge in [-0.3, -0.25) is 5.41 Å². The van der Waals surface area contributed by atoms with Gasteiger partial charge in [-0.2, -0.15) is 0 Å². The number of aryl methyl sites for hydroxylation is 2. The lowest BCUT2D eigenvalue weighted by molar-refractivity contribution is -0.133. The van der Waals surface area contributed by atoms with Crippen LogP contribution < -0.4 is 20.5 Å². The number of carbonyl (C=O) groups is 1. The van der Waals surface area contributed by atoms with Crippen LogP contribution in [0.25, 0.3) is 0 Å². The molecular weight excluding hydrogens is 258 g/mol. The van der Waals surface area contributed by atoms with Crippen molar-refractivity contribution in [3.8, 4) is 11.5 Å². The molecule has 0 aliphatic carbocycles. The standard InChI is InChI=1S/C14H21N3O3/c1-4-9-6-11(7-10(5-2)13(9)19-3)20-12(18)8-17-14(15)16/h6-7H,4-5,8H2,1-3H3,(H4,15,16,17). The van der Waals surface area contributed by atoms with Crippen LogP contribution in [0, 0.1) is 5.41 Å². The van der Waals surface area contributed by atoms with Crippen LogP contribution in [0.15, 0.2) is 12.1 Å². The smallest absolute Gasteiger partial charge is 0.330 e. The maximum absolute atomic E-state index is 11.6. The van der Waals surface area contributed by atoms with E-state index in [1.807, 2.05) is 13.8 Å². The number of ether oxygens (including phenoxy) is 2. The van der Waals surface area contributed by atoms with Crippen molar-refractivity contribution in [1.82, 2.24) is 5.32 Å². The molecule has 0 saturated carbocycles. The van der Waals surface area contributed by atoms with Crippen molar-refractivity contribution in [1.29, 1.82) is 5.41 Å². The summed E-state index contributed by atoms with van der Waals surface area (Å²) < 4.78 is 10.6. The van der Waals surface area contributed by atoms with Gasteiger partial charge in [-0.1, -0.05) is 13.8 Å². The maximum atomic E-state index is 11.6. The number of hydrogen-bond donors (Lipinski definition) is 3. The summed E-state index contributed by atoms with van der Waals surface area (Å²) in [6, 6.07) is 3.59. The van der Waals surface area contributed by atoms with Gasteiger partial charge in [0.1, 0.15) is 18.0 Å². The van der Waals surface area contributed by atoms with Gasteiger partial charge < -0.3 is 20.5 Å². The number of rotatable bonds is 6. The van der Waals surface area contributed by atoms with E-state index >= 15 is 0 Å². The third-order valence-corrected chi connectivity index (χ3v) is 2.84. The first-order chi connectivity index (χ1) is 9.51. The molecule has 1 rings (SSSR count). The van der Waals surface area contributed by atoms with Crippen molar-refractivity contribution < 1.29 is 14.3 Å². The van der Waals surface area contributed by atoms with Gasteiger partial charge in [-0.05, 0) is 36.1 Å². The third kappa shape index (κ3) is 4.15. The molecule has 6 heteroatoms. The first kappa shape index (κ1) is 15.8. The van der Waals surface area contributed by atoms with Gasteiger partial charge in [0, 0.05) is 0 Å². The lowest BCUT2D eigenvalue weighted by Crippen LogP contribution is -2.36. The van der Waals surface area contributed by atoms with E-state index in [1.54, 1.807) is 19.2 Å². The van der Waals surface area contributed by atoms with E-state index in [1.165, 1.54) is 0 Å². The average molecular weight is 279 g/mol. The number of nitrogens with two attached hydrogens (primary N) is 1. The van der Waals surface area contributed by atoms with Gasteiger partial charge in [-0.25, -0.2) is 4.79 Å². The van der Waals surface area contributed by atoms with E-state index in [0.29, 0.717) is 5.75 Å². The molecule has 0 unspecified atom stereocenters. The van der Waals surface area contributed by atoms with Crippen molar-refractivity contribution in [3.63, 3.8) is 0 Å². The summed E-state index contributed by atoms with van der Waals surface area (Å²) in [5, 5.41) is 9.40. The Kier molecular flexibility index (Phi) is 5.83. The lowest BCUT2D eigenvalue weighted by Gasteiger charge is -2.14. The molecule has 20 heavy (non-hydrogen) atoms. The van der Waals surface area contributed by atoms with Gasteiger partial charge >= 0.3 is 5.97 Å². The Hall–Kier alpha value is -2.24. The van der Waals surface area contributed by atoms with Crippen LogP contribution >= 0.6 is 0 Å². The SMILES string of the molecule is CCc1cc(OC(=O)CNC(=N)N)cc(CC)c1OC. The molecule has 0 spiro atoms. The highest BCUT2D eigenvalue weighted by Crippen LogP contribution is 2.30. The van der Waals surface area contributed by atoms with E-state index in [-0.39, 0.29) is 12.5 Å². The highest BCUT2D eigenvalue weighted by Gasteiger charge is 2.12. The van der Waals surface area contributed by atoms with E-state index < -0.39 is 5.97 Å². The predicted molar refractivity (Wildman–Crippen MR) is 77.3 cm³/mol. The van der Waals surface area contributed by atoms with Crippen molar-refractivity contribution in [3.05, 3.63) is 23.3 Å². The predicted octanol–water partition coefficient (Wildman–Crippen LogP) is 1.21. The molecule has 0 bridgehead atoms. The molecule has 0 atom stereocenters. The fourth-order valence-corrected chi connectivity index (χ4v) is 1.90. The number of esters is 1. The minimum Gasteiger partial charge on any atom is -0.496 e. The molecule has 0 amide bonds. The first-order valence-corrected chi connectivity index (χ1v) is 6.50. The summed E-state index contributed by atoms with van der Waals surface area (Å²) in [6.07, 6.45) is 1.57. The first-order valence-electron chi connectivity index (χ1n) is 6.50. The van der Waals surface area contributed by atoms with Crippen molar-refractivity contribution in [2.45, 2.75) is 26.7 Å². The molecule has 4 N–H and O–H groups in total. The number of nitrogens with one attached hydrogen (secondary N) is 2. The molecule has 0 aromatic heterocycles. The molecule has 6 nitrogen and oxygen atoms in total. The number of methoxy groups -OCH3 is 1. The van der Waals surface area contributed by atoms with Crippen LogP contribution in [0.4, 0.5) is 0 Å². The third-order valence-electron chi connectivity index (χ3n) is 2.84. The van der Waals surface area contributed by atoms with Crippen LogP contribution in [-0.2, 0) is 17.6 Å². The van der Waals surface area contributed by atoms with Crippen LogP contribution in [-0.4, -0.2) is 25.6 Å². The minimum atomic E-state index is -0.491. The fraction of sp³-hybridized carbons (Fsp3) is 0.429. The maximum Gasteiger partial charge on any atom is 0.330 e. The van der Waals surface area contributed by atoms with E-state index in [0.717, 1.165) is 29.7 Å². The number of guanidine groups is 1. The summed E-state index contributed by atoms with van der Waals surface area (Å²) in [7, 11) is 1.64. The molecule has 0 aliphatic heterocycles. The lowest BCUT2D eigenvalue weighted by atomic mass is 10.0. The van der Waals surface area contributed by atoms with E-state index in [9.17, 15) is 4.79 Å². The van der Waals surface area contributed by atoms with Crippen LogP contribution in [0.3, 0.4) is 0 Å². The van der Waals surface area contributed by atoms with Crippen molar-refractivity contribution >= 4 is 11.9 Å². The average Bonchev–Trinajstić information content (AvgIpc) is 2.43. The summed E-state index contributed by atoms with van der Waals surface area (Å²) in [4.78, 5) is 11.6. The second-order valence-corrected chi connectivity index (χ2v) is 4.22. The Labute approximate surface area is 118 Å². The molecule has 0 heterocycles. The van der Waals surface area contributed by atoms with Gasteiger partial charge in [0.05, 0.1) is 7.11 Å². The van der Waals surface area contributed by atoms with Crippen molar-refractivity contribution in [2.75, 3.05) is 13.7 Å². The number of hydrogen-bond acceptors (Lipinski definition) is 4. The molecule has 0 aliphatic rings. The molecular formula is C14H21N3O3. The molecule has 1 aromatic rings. The highest BCUT2D eigenvalue weighted by molar-refractivity contribution is 5.82. The fourth-order valence-electron chi connectivity index (χ4n) is 1.90. The molecule has 110 valence electrons. The zero-order valence-corrected chi connectivity index (χ0v) is 12.1. The molecule has 0 radical (unpaired) electrons. The minimum absolute atomic E-state index is 0.135. The van der Waals surface area contributed by atoms with Crippen molar-refractivity contribution in [2.24, 2.45) is 5.73 Å². The van der Waals surface area contributed by atoms with Gasteiger partial charge in [0.2, 0.25) is 0 Å². The Bertz CT molecular complexity index is 475. The van der Waals surface area contributed by atoms with E-state index in [2.05, 4.69) is 5.32 Å². The topological polar surface area (TPSA) is 97.4 Å². The van der Waals surface area contributed by atoms with Gasteiger partial charge in [0.15, 0.2) is 5.96 Å². The molecule has 1 aromatic carbocycles.